The van der Waals surface area contributed by atoms with E-state index in [2.05, 4.69) is 6.58 Å². The number of aliphatic carboxylic acids is 1. The molecule has 0 saturated carbocycles. The lowest BCUT2D eigenvalue weighted by Crippen LogP contribution is -2.45. The first kappa shape index (κ1) is 26.7. The smallest absolute Gasteiger partial charge is 0.323 e. The van der Waals surface area contributed by atoms with Gasteiger partial charge in [-0.25, -0.2) is 0 Å². The number of carbonyl (C=O) groups is 3. The molecule has 198 valence electrons. The number of aromatic hydroxyl groups is 1. The lowest BCUT2D eigenvalue weighted by molar-refractivity contribution is -0.138. The predicted octanol–water partition coefficient (Wildman–Crippen LogP) is 5.29. The summed E-state index contributed by atoms with van der Waals surface area (Å²) in [4.78, 5) is 41.3. The van der Waals surface area contributed by atoms with Crippen LogP contribution in [-0.2, 0) is 20.8 Å². The summed E-state index contributed by atoms with van der Waals surface area (Å²) in [5.74, 6) is -1.50. The van der Waals surface area contributed by atoms with Gasteiger partial charge in [0.15, 0.2) is 23.1 Å². The molecule has 0 fully saturated rings. The van der Waals surface area contributed by atoms with E-state index in [4.69, 9.17) is 4.74 Å². The predicted molar refractivity (Wildman–Crippen MR) is 140 cm³/mol. The van der Waals surface area contributed by atoms with E-state index in [-0.39, 0.29) is 34.7 Å². The van der Waals surface area contributed by atoms with Crippen molar-refractivity contribution in [3.05, 3.63) is 58.5 Å². The van der Waals surface area contributed by atoms with Crippen LogP contribution in [0.15, 0.2) is 47.3 Å². The first-order chi connectivity index (χ1) is 17.3. The average molecular weight is 508 g/mol. The van der Waals surface area contributed by atoms with Crippen LogP contribution < -0.4 is 4.74 Å². The third-order valence-electron chi connectivity index (χ3n) is 7.49. The zero-order chi connectivity index (χ0) is 27.3. The maximum Gasteiger partial charge on any atom is 0.323 e. The van der Waals surface area contributed by atoms with Crippen molar-refractivity contribution in [2.24, 2.45) is 10.8 Å². The Kier molecular flexibility index (Phi) is 6.86. The molecule has 0 saturated heterocycles. The molecule has 0 bridgehead atoms. The van der Waals surface area contributed by atoms with Crippen molar-refractivity contribution in [1.29, 1.82) is 0 Å². The fraction of sp³-hybridized carbons (Fsp3) is 0.500. The number of rotatable bonds is 7. The van der Waals surface area contributed by atoms with Crippen molar-refractivity contribution in [3.8, 4) is 11.5 Å². The van der Waals surface area contributed by atoms with E-state index in [1.165, 1.54) is 0 Å². The fourth-order valence-electron chi connectivity index (χ4n) is 6.14. The van der Waals surface area contributed by atoms with E-state index in [1.54, 1.807) is 17.0 Å². The number of Topliss-reactive ketones (excluding diaryl/α,β-unsaturated/α-hetero) is 2. The standard InChI is InChI=1S/C30H37NO6/c1-7-9-17-10-18(11-23(28(17)36)37-8-2)25-26-19(12-29(3,4)14-21(26)32)31(16-24(34)35)20-13-30(5,6)15-22(33)27(20)25/h7,10-11,25,36H,1,8-9,12-16H2,2-6H3,(H,34,35). The minimum atomic E-state index is -1.01. The summed E-state index contributed by atoms with van der Waals surface area (Å²) in [6, 6.07) is 3.55. The number of benzene rings is 1. The Morgan fingerprint density at radius 3 is 2.05 bits per heavy atom. The topological polar surface area (TPSA) is 104 Å². The number of ketones is 2. The lowest BCUT2D eigenvalue weighted by Gasteiger charge is -2.48. The second-order valence-corrected chi connectivity index (χ2v) is 12.0. The van der Waals surface area contributed by atoms with Gasteiger partial charge in [-0.3, -0.25) is 14.4 Å². The summed E-state index contributed by atoms with van der Waals surface area (Å²) in [6.07, 6.45) is 3.74. The number of allylic oxidation sites excluding steroid dienone is 5. The van der Waals surface area contributed by atoms with Gasteiger partial charge in [-0.15, -0.1) is 6.58 Å². The lowest BCUT2D eigenvalue weighted by atomic mass is 9.63. The molecule has 0 amide bonds. The maximum absolute atomic E-state index is 13.8. The summed E-state index contributed by atoms with van der Waals surface area (Å²) in [5, 5.41) is 20.6. The van der Waals surface area contributed by atoms with Crippen LogP contribution in [0.1, 0.15) is 77.3 Å². The second-order valence-electron chi connectivity index (χ2n) is 12.0. The molecule has 3 aliphatic rings. The molecule has 37 heavy (non-hydrogen) atoms. The molecule has 0 radical (unpaired) electrons. The third kappa shape index (κ3) is 4.96. The Bertz CT molecular complexity index is 1190. The number of carboxylic acid groups (broad SMARTS) is 1. The van der Waals surface area contributed by atoms with Crippen molar-refractivity contribution in [1.82, 2.24) is 4.90 Å². The molecule has 0 atom stereocenters. The van der Waals surface area contributed by atoms with E-state index < -0.39 is 11.9 Å². The van der Waals surface area contributed by atoms with E-state index >= 15 is 0 Å². The summed E-state index contributed by atoms with van der Waals surface area (Å²) in [7, 11) is 0. The van der Waals surface area contributed by atoms with Crippen LogP contribution in [0.3, 0.4) is 0 Å². The van der Waals surface area contributed by atoms with E-state index in [0.717, 1.165) is 0 Å². The van der Waals surface area contributed by atoms with Gasteiger partial charge in [-0.1, -0.05) is 39.8 Å². The van der Waals surface area contributed by atoms with Gasteiger partial charge in [0.1, 0.15) is 6.54 Å². The van der Waals surface area contributed by atoms with Gasteiger partial charge in [-0.05, 0) is 48.6 Å². The Labute approximate surface area is 218 Å². The normalized spacial score (nSPS) is 21.1. The highest BCUT2D eigenvalue weighted by atomic mass is 16.5. The van der Waals surface area contributed by atoms with Gasteiger partial charge in [-0.2, -0.15) is 0 Å². The molecule has 7 heteroatoms. The molecule has 1 aromatic rings. The van der Waals surface area contributed by atoms with Crippen LogP contribution in [0.25, 0.3) is 0 Å². The fourth-order valence-corrected chi connectivity index (χ4v) is 6.14. The Balaban J connectivity index is 2.05. The van der Waals surface area contributed by atoms with Gasteiger partial charge in [0, 0.05) is 46.9 Å². The Morgan fingerprint density at radius 1 is 1.05 bits per heavy atom. The van der Waals surface area contributed by atoms with Crippen LogP contribution in [0.2, 0.25) is 0 Å². The molecule has 2 N–H and O–H groups in total. The van der Waals surface area contributed by atoms with Gasteiger partial charge >= 0.3 is 5.97 Å². The highest BCUT2D eigenvalue weighted by Gasteiger charge is 2.49. The quantitative estimate of drug-likeness (QED) is 0.483. The molecular formula is C30H37NO6. The number of phenolic OH excluding ortho intramolecular Hbond substituents is 1. The first-order valence-corrected chi connectivity index (χ1v) is 12.9. The number of phenols is 1. The van der Waals surface area contributed by atoms with Crippen molar-refractivity contribution in [2.45, 2.75) is 72.6 Å². The molecule has 4 rings (SSSR count). The van der Waals surface area contributed by atoms with Crippen molar-refractivity contribution >= 4 is 17.5 Å². The summed E-state index contributed by atoms with van der Waals surface area (Å²) in [5.41, 5.74) is 2.96. The van der Waals surface area contributed by atoms with E-state index in [9.17, 15) is 24.6 Å². The number of nitrogens with zero attached hydrogens (tertiary/aromatic N) is 1. The van der Waals surface area contributed by atoms with Crippen LogP contribution in [0.4, 0.5) is 0 Å². The Morgan fingerprint density at radius 2 is 1.59 bits per heavy atom. The zero-order valence-corrected chi connectivity index (χ0v) is 22.4. The minimum absolute atomic E-state index is 0.0180. The average Bonchev–Trinajstić information content (AvgIpc) is 2.76. The highest BCUT2D eigenvalue weighted by Crippen LogP contribution is 2.55. The molecular weight excluding hydrogens is 470 g/mol. The van der Waals surface area contributed by atoms with Crippen molar-refractivity contribution in [3.63, 3.8) is 0 Å². The van der Waals surface area contributed by atoms with E-state index in [1.807, 2.05) is 40.7 Å². The molecule has 1 heterocycles. The summed E-state index contributed by atoms with van der Waals surface area (Å²) in [6.45, 7) is 13.7. The van der Waals surface area contributed by atoms with Crippen LogP contribution in [0, 0.1) is 10.8 Å². The summed E-state index contributed by atoms with van der Waals surface area (Å²) < 4.78 is 5.75. The molecule has 0 spiro atoms. The molecule has 0 unspecified atom stereocenters. The van der Waals surface area contributed by atoms with Gasteiger partial charge in [0.2, 0.25) is 0 Å². The van der Waals surface area contributed by atoms with Crippen molar-refractivity contribution in [2.75, 3.05) is 13.2 Å². The molecule has 7 nitrogen and oxygen atoms in total. The maximum atomic E-state index is 13.8. The first-order valence-electron chi connectivity index (χ1n) is 12.9. The molecule has 2 aliphatic carbocycles. The molecule has 1 aliphatic heterocycles. The Hall–Kier alpha value is -3.35. The van der Waals surface area contributed by atoms with Crippen LogP contribution in [-0.4, -0.2) is 45.8 Å². The molecule has 1 aromatic carbocycles. The second kappa shape index (κ2) is 9.51. The van der Waals surface area contributed by atoms with Crippen molar-refractivity contribution < 1.29 is 29.3 Å². The zero-order valence-electron chi connectivity index (χ0n) is 22.4. The number of hydrogen-bond donors (Lipinski definition) is 2. The third-order valence-corrected chi connectivity index (χ3v) is 7.49. The highest BCUT2D eigenvalue weighted by molar-refractivity contribution is 6.07. The molecule has 0 aromatic heterocycles. The minimum Gasteiger partial charge on any atom is -0.504 e. The summed E-state index contributed by atoms with van der Waals surface area (Å²) >= 11 is 0. The van der Waals surface area contributed by atoms with Gasteiger partial charge in [0.25, 0.3) is 0 Å². The number of carbonyl (C=O) groups excluding carboxylic acids is 2. The van der Waals surface area contributed by atoms with Gasteiger partial charge in [0.05, 0.1) is 6.61 Å². The SMILES string of the molecule is C=CCc1cc(C2C3=C(CC(C)(C)CC3=O)N(CC(=O)O)C3=C2C(=O)CC(C)(C)C3)cc(OCC)c1O. The largest absolute Gasteiger partial charge is 0.504 e. The van der Waals surface area contributed by atoms with E-state index in [0.29, 0.717) is 78.1 Å². The van der Waals surface area contributed by atoms with Crippen LogP contribution >= 0.6 is 0 Å². The number of carboxylic acids is 1. The van der Waals surface area contributed by atoms with Crippen LogP contribution in [0.5, 0.6) is 11.5 Å². The van der Waals surface area contributed by atoms with Gasteiger partial charge < -0.3 is 19.8 Å². The monoisotopic (exact) mass is 507 g/mol. The number of hydrogen-bond acceptors (Lipinski definition) is 6. The number of ether oxygens (including phenoxy) is 1.